The van der Waals surface area contributed by atoms with Crippen LogP contribution in [0.1, 0.15) is 11.1 Å². The van der Waals surface area contributed by atoms with E-state index in [0.29, 0.717) is 11.6 Å². The quantitative estimate of drug-likeness (QED) is 0.179. The van der Waals surface area contributed by atoms with Crippen LogP contribution in [-0.2, 0) is 0 Å². The van der Waals surface area contributed by atoms with E-state index in [2.05, 4.69) is 50.2 Å². The molecule has 0 aliphatic heterocycles. The Morgan fingerprint density at radius 1 is 0.438 bits per heavy atom. The molecular formula is C40H32N8+2. The van der Waals surface area contributed by atoms with E-state index in [1.807, 2.05) is 141 Å². The third kappa shape index (κ3) is 5.45. The lowest BCUT2D eigenvalue weighted by atomic mass is 9.98. The van der Waals surface area contributed by atoms with Crippen LogP contribution in [0.15, 0.2) is 158 Å². The summed E-state index contributed by atoms with van der Waals surface area (Å²) in [5.74, 6) is 1.31. The fourth-order valence-electron chi connectivity index (χ4n) is 5.90. The molecule has 8 aromatic rings. The van der Waals surface area contributed by atoms with Gasteiger partial charge in [0.1, 0.15) is 11.4 Å². The molecule has 2 heterocycles. The molecule has 8 heteroatoms. The van der Waals surface area contributed by atoms with E-state index in [1.165, 1.54) is 0 Å². The standard InChI is InChI=1S/C40H32N8/c1-29-28-36(47-43-39(31-15-7-3-8-16-31)41-45(47)34-19-11-5-12-20-34)24-25-37(29)33-23-26-38(30(2)27-33)48-44-40(32-17-9-4-10-18-32)42-46(48)35-21-13-6-14-22-35/h3-28H,1-2H3/q+2. The minimum atomic E-state index is 0.656. The van der Waals surface area contributed by atoms with Gasteiger partial charge in [0.25, 0.3) is 0 Å². The summed E-state index contributed by atoms with van der Waals surface area (Å²) in [6, 6.07) is 53.2. The molecule has 0 fully saturated rings. The second-order valence-electron chi connectivity index (χ2n) is 11.6. The maximum atomic E-state index is 4.96. The first-order valence-electron chi connectivity index (χ1n) is 15.9. The summed E-state index contributed by atoms with van der Waals surface area (Å²) < 4.78 is 0. The first kappa shape index (κ1) is 28.9. The van der Waals surface area contributed by atoms with E-state index >= 15 is 0 Å². The van der Waals surface area contributed by atoms with Crippen molar-refractivity contribution < 1.29 is 9.59 Å². The maximum Gasteiger partial charge on any atom is 0.340 e. The lowest BCUT2D eigenvalue weighted by Gasteiger charge is -2.10. The van der Waals surface area contributed by atoms with Crippen LogP contribution in [0, 0.1) is 13.8 Å². The van der Waals surface area contributed by atoms with Crippen LogP contribution >= 0.6 is 0 Å². The van der Waals surface area contributed by atoms with Gasteiger partial charge in [-0.15, -0.1) is 0 Å². The molecule has 0 saturated heterocycles. The van der Waals surface area contributed by atoms with Gasteiger partial charge in [-0.25, -0.2) is 0 Å². The molecule has 0 bridgehead atoms. The van der Waals surface area contributed by atoms with Crippen LogP contribution in [-0.4, -0.2) is 30.0 Å². The molecular weight excluding hydrogens is 592 g/mol. The number of nitrogens with zero attached hydrogens (tertiary/aromatic N) is 8. The van der Waals surface area contributed by atoms with E-state index in [1.54, 1.807) is 0 Å². The Morgan fingerprint density at radius 2 is 0.938 bits per heavy atom. The van der Waals surface area contributed by atoms with E-state index in [-0.39, 0.29) is 0 Å². The van der Waals surface area contributed by atoms with E-state index < -0.39 is 0 Å². The number of aromatic nitrogens is 8. The van der Waals surface area contributed by atoms with E-state index in [9.17, 15) is 0 Å². The predicted molar refractivity (Wildman–Crippen MR) is 185 cm³/mol. The van der Waals surface area contributed by atoms with Gasteiger partial charge in [-0.2, -0.15) is 0 Å². The summed E-state index contributed by atoms with van der Waals surface area (Å²) in [7, 11) is 0. The minimum Gasteiger partial charge on any atom is -0.0622 e. The van der Waals surface area contributed by atoms with Crippen LogP contribution in [0.5, 0.6) is 0 Å². The molecule has 0 spiro atoms. The van der Waals surface area contributed by atoms with Crippen LogP contribution in [0.4, 0.5) is 0 Å². The highest BCUT2D eigenvalue weighted by molar-refractivity contribution is 5.70. The monoisotopic (exact) mass is 624 g/mol. The first-order valence-corrected chi connectivity index (χ1v) is 15.9. The molecule has 0 atom stereocenters. The van der Waals surface area contributed by atoms with Crippen LogP contribution in [0.2, 0.25) is 0 Å². The first-order chi connectivity index (χ1) is 23.6. The highest BCUT2D eigenvalue weighted by Crippen LogP contribution is 2.27. The predicted octanol–water partition coefficient (Wildman–Crippen LogP) is 7.02. The smallest absolute Gasteiger partial charge is 0.0622 e. The molecule has 0 unspecified atom stereocenters. The Balaban J connectivity index is 1.17. The van der Waals surface area contributed by atoms with Gasteiger partial charge in [0.2, 0.25) is 0 Å². The molecule has 0 N–H and O–H groups in total. The Bertz CT molecular complexity index is 2350. The van der Waals surface area contributed by atoms with Crippen molar-refractivity contribution in [1.29, 1.82) is 0 Å². The summed E-state index contributed by atoms with van der Waals surface area (Å²) >= 11 is 0. The van der Waals surface area contributed by atoms with Crippen molar-refractivity contribution in [3.8, 4) is 56.7 Å². The molecule has 2 aromatic heterocycles. The molecule has 8 nitrogen and oxygen atoms in total. The molecule has 0 aliphatic carbocycles. The van der Waals surface area contributed by atoms with Crippen molar-refractivity contribution in [2.24, 2.45) is 0 Å². The van der Waals surface area contributed by atoms with Gasteiger partial charge in [-0.3, -0.25) is 0 Å². The van der Waals surface area contributed by atoms with Crippen molar-refractivity contribution in [2.45, 2.75) is 13.8 Å². The molecule has 6 aromatic carbocycles. The van der Waals surface area contributed by atoms with Crippen molar-refractivity contribution in [1.82, 2.24) is 30.0 Å². The van der Waals surface area contributed by atoms with Gasteiger partial charge in [0.05, 0.1) is 21.3 Å². The van der Waals surface area contributed by atoms with Crippen LogP contribution in [0.25, 0.3) is 56.7 Å². The zero-order valence-corrected chi connectivity index (χ0v) is 26.6. The van der Waals surface area contributed by atoms with Crippen LogP contribution in [0.3, 0.4) is 0 Å². The molecule has 0 radical (unpaired) electrons. The number of aryl methyl sites for hydroxylation is 2. The summed E-state index contributed by atoms with van der Waals surface area (Å²) in [4.78, 5) is 7.44. The number of tetrazole rings is 2. The van der Waals surface area contributed by atoms with Gasteiger partial charge in [-0.05, 0) is 135 Å². The van der Waals surface area contributed by atoms with Gasteiger partial charge in [0.15, 0.2) is 11.4 Å². The summed E-state index contributed by atoms with van der Waals surface area (Å²) in [5.41, 5.74) is 10.1. The largest absolute Gasteiger partial charge is 0.340 e. The summed E-state index contributed by atoms with van der Waals surface area (Å²) in [6.07, 6.45) is 0. The zero-order valence-electron chi connectivity index (χ0n) is 26.6. The Hall–Kier alpha value is -6.54. The van der Waals surface area contributed by atoms with Crippen LogP contribution < -0.4 is 9.59 Å². The summed E-state index contributed by atoms with van der Waals surface area (Å²) in [5, 5.41) is 19.7. The Morgan fingerprint density at radius 3 is 1.46 bits per heavy atom. The molecule has 8 rings (SSSR count). The minimum absolute atomic E-state index is 0.656. The van der Waals surface area contributed by atoms with Gasteiger partial charge in [0, 0.05) is 15.2 Å². The van der Waals surface area contributed by atoms with E-state index in [4.69, 9.17) is 20.4 Å². The van der Waals surface area contributed by atoms with Gasteiger partial charge >= 0.3 is 11.6 Å². The third-order valence-electron chi connectivity index (χ3n) is 8.32. The lowest BCUT2D eigenvalue weighted by molar-refractivity contribution is -0.734. The topological polar surface area (TPSA) is 69.2 Å². The van der Waals surface area contributed by atoms with E-state index in [0.717, 1.165) is 56.1 Å². The van der Waals surface area contributed by atoms with Crippen molar-refractivity contribution in [3.05, 3.63) is 169 Å². The van der Waals surface area contributed by atoms with Crippen molar-refractivity contribution in [3.63, 3.8) is 0 Å². The molecule has 0 saturated carbocycles. The van der Waals surface area contributed by atoms with Crippen molar-refractivity contribution >= 4 is 0 Å². The summed E-state index contributed by atoms with van der Waals surface area (Å²) in [6.45, 7) is 4.25. The Kier molecular flexibility index (Phi) is 7.43. The fraction of sp³-hybridized carbons (Fsp3) is 0.0500. The Labute approximate surface area is 278 Å². The van der Waals surface area contributed by atoms with Gasteiger partial charge in [-0.1, -0.05) is 72.8 Å². The molecule has 0 aliphatic rings. The van der Waals surface area contributed by atoms with Crippen molar-refractivity contribution in [2.75, 3.05) is 0 Å². The SMILES string of the molecule is Cc1cc(-[n+]2nc(-c3ccccc3)nn2-c2ccccc2)ccc1-c1ccc(-[n+]2nc(-c3ccccc3)nn2-c2ccccc2)c(C)c1. The number of hydrogen-bond donors (Lipinski definition) is 0. The highest BCUT2D eigenvalue weighted by atomic mass is 15.7. The van der Waals surface area contributed by atoms with Gasteiger partial charge < -0.3 is 0 Å². The normalized spacial score (nSPS) is 11.1. The number of benzene rings is 6. The zero-order chi connectivity index (χ0) is 32.5. The highest BCUT2D eigenvalue weighted by Gasteiger charge is 2.26. The molecule has 230 valence electrons. The second-order valence-corrected chi connectivity index (χ2v) is 11.6. The third-order valence-corrected chi connectivity index (χ3v) is 8.32. The average molecular weight is 625 g/mol. The lowest BCUT2D eigenvalue weighted by Crippen LogP contribution is -2.43. The molecule has 0 amide bonds. The number of para-hydroxylation sites is 2. The maximum absolute atomic E-state index is 4.96. The number of hydrogen-bond acceptors (Lipinski definition) is 4. The second kappa shape index (κ2) is 12.3. The fourth-order valence-corrected chi connectivity index (χ4v) is 5.90. The average Bonchev–Trinajstić information content (AvgIpc) is 3.79. The molecule has 48 heavy (non-hydrogen) atoms. The number of rotatable bonds is 7.